The molecule has 0 radical (unpaired) electrons. The number of aromatic nitrogens is 2. The number of alkyl halides is 3. The van der Waals surface area contributed by atoms with Crippen molar-refractivity contribution in [3.8, 4) is 11.5 Å². The largest absolute Gasteiger partial charge is 0.456 e. The number of hydrogen-bond donors (Lipinski definition) is 1. The molecule has 0 spiro atoms. The van der Waals surface area contributed by atoms with Crippen LogP contribution in [-0.4, -0.2) is 28.5 Å². The topological polar surface area (TPSA) is 78.5 Å². The average molecular weight is 452 g/mol. The molecule has 7 nitrogen and oxygen atoms in total. The molecule has 1 N–H and O–H groups in total. The molecule has 33 heavy (non-hydrogen) atoms. The maximum atomic E-state index is 13.0. The molecule has 1 aliphatic heterocycles. The number of aromatic amines is 1. The van der Waals surface area contributed by atoms with Gasteiger partial charge in [0, 0.05) is 17.3 Å². The van der Waals surface area contributed by atoms with E-state index in [9.17, 15) is 22.8 Å². The number of halogens is 3. The molecule has 0 aliphatic carbocycles. The van der Waals surface area contributed by atoms with Gasteiger partial charge in [0.25, 0.3) is 5.91 Å². The van der Waals surface area contributed by atoms with Crippen LogP contribution in [0.15, 0.2) is 73.1 Å². The third-order valence-electron chi connectivity index (χ3n) is 5.16. The number of fused-ring (bicyclic) bond motifs is 1. The van der Waals surface area contributed by atoms with E-state index in [1.54, 1.807) is 24.5 Å². The van der Waals surface area contributed by atoms with Gasteiger partial charge in [-0.1, -0.05) is 6.07 Å². The Hall–Kier alpha value is -4.34. The van der Waals surface area contributed by atoms with Gasteiger partial charge >= 0.3 is 12.2 Å². The fourth-order valence-electron chi connectivity index (χ4n) is 3.58. The van der Waals surface area contributed by atoms with E-state index < -0.39 is 23.7 Å². The van der Waals surface area contributed by atoms with Crippen LogP contribution in [0.25, 0.3) is 11.0 Å². The first-order valence-electron chi connectivity index (χ1n) is 9.82. The van der Waals surface area contributed by atoms with E-state index >= 15 is 0 Å². The van der Waals surface area contributed by atoms with Crippen LogP contribution >= 0.6 is 0 Å². The van der Waals surface area contributed by atoms with Crippen molar-refractivity contribution in [3.05, 3.63) is 78.6 Å². The molecule has 0 unspecified atom stereocenters. The van der Waals surface area contributed by atoms with Crippen LogP contribution in [0.3, 0.4) is 0 Å². The zero-order valence-electron chi connectivity index (χ0n) is 16.8. The summed E-state index contributed by atoms with van der Waals surface area (Å²) in [6.07, 6.45) is -1.23. The Morgan fingerprint density at radius 1 is 0.939 bits per heavy atom. The fourth-order valence-corrected chi connectivity index (χ4v) is 3.58. The van der Waals surface area contributed by atoms with Gasteiger partial charge in [0.05, 0.1) is 17.4 Å². The average Bonchev–Trinajstić information content (AvgIpc) is 3.37. The van der Waals surface area contributed by atoms with Gasteiger partial charge in [-0.15, -0.1) is 0 Å². The van der Waals surface area contributed by atoms with Crippen LogP contribution in [0.1, 0.15) is 5.56 Å². The Kier molecular flexibility index (Phi) is 4.77. The van der Waals surface area contributed by atoms with Crippen LogP contribution in [0.4, 0.5) is 29.3 Å². The number of rotatable bonds is 4. The standard InChI is InChI=1S/C23H15F3N4O3/c24-23(25,26)15-2-1-3-17(11-15)29-13-20(31)30(22(29)32)16-4-6-18(7-5-16)33-19-10-14-8-9-27-21(14)28-12-19/h1-12H,13H2,(H,27,28). The van der Waals surface area contributed by atoms with Crippen molar-refractivity contribution in [3.63, 3.8) is 0 Å². The minimum Gasteiger partial charge on any atom is -0.456 e. The van der Waals surface area contributed by atoms with Crippen LogP contribution in [-0.2, 0) is 11.0 Å². The van der Waals surface area contributed by atoms with Crippen molar-refractivity contribution in [2.45, 2.75) is 6.18 Å². The summed E-state index contributed by atoms with van der Waals surface area (Å²) in [5, 5.41) is 0.882. The lowest BCUT2D eigenvalue weighted by Gasteiger charge is -2.18. The smallest absolute Gasteiger partial charge is 0.416 e. The van der Waals surface area contributed by atoms with Crippen molar-refractivity contribution >= 4 is 34.3 Å². The van der Waals surface area contributed by atoms with Crippen molar-refractivity contribution in [1.82, 2.24) is 9.97 Å². The first-order valence-corrected chi connectivity index (χ1v) is 9.82. The number of urea groups is 1. The number of nitrogens with one attached hydrogen (secondary N) is 1. The third-order valence-corrected chi connectivity index (χ3v) is 5.16. The number of hydrogen-bond acceptors (Lipinski definition) is 4. The van der Waals surface area contributed by atoms with E-state index in [-0.39, 0.29) is 17.9 Å². The van der Waals surface area contributed by atoms with Gasteiger partial charge in [0.15, 0.2) is 0 Å². The summed E-state index contributed by atoms with van der Waals surface area (Å²) < 4.78 is 44.9. The summed E-state index contributed by atoms with van der Waals surface area (Å²) in [5.74, 6) is 0.427. The van der Waals surface area contributed by atoms with Crippen molar-refractivity contribution in [2.24, 2.45) is 0 Å². The third kappa shape index (κ3) is 3.86. The second-order valence-corrected chi connectivity index (χ2v) is 7.33. The second-order valence-electron chi connectivity index (χ2n) is 7.33. The minimum atomic E-state index is -4.56. The van der Waals surface area contributed by atoms with Gasteiger partial charge in [0.1, 0.15) is 23.7 Å². The molecule has 5 rings (SSSR count). The Balaban J connectivity index is 1.35. The highest BCUT2D eigenvalue weighted by Crippen LogP contribution is 2.34. The van der Waals surface area contributed by atoms with Crippen LogP contribution in [0.5, 0.6) is 11.5 Å². The molecule has 1 saturated heterocycles. The molecular formula is C23H15F3N4O3. The lowest BCUT2D eigenvalue weighted by atomic mass is 10.2. The Morgan fingerprint density at radius 2 is 1.73 bits per heavy atom. The maximum Gasteiger partial charge on any atom is 0.416 e. The number of H-pyrrole nitrogens is 1. The normalized spacial score (nSPS) is 14.4. The van der Waals surface area contributed by atoms with Gasteiger partial charge in [0.2, 0.25) is 0 Å². The Labute approximate surface area is 185 Å². The van der Waals surface area contributed by atoms with E-state index in [4.69, 9.17) is 4.74 Å². The molecule has 0 bridgehead atoms. The number of carbonyl (C=O) groups is 2. The molecular weight excluding hydrogens is 437 g/mol. The first-order chi connectivity index (χ1) is 15.8. The number of amides is 3. The zero-order valence-corrected chi connectivity index (χ0v) is 16.8. The molecule has 1 aliphatic rings. The van der Waals surface area contributed by atoms with Crippen molar-refractivity contribution in [2.75, 3.05) is 16.3 Å². The van der Waals surface area contributed by atoms with E-state index in [1.807, 2.05) is 12.1 Å². The summed E-state index contributed by atoms with van der Waals surface area (Å²) in [4.78, 5) is 34.6. The first kappa shape index (κ1) is 20.6. The molecule has 1 fully saturated rings. The number of anilines is 2. The summed E-state index contributed by atoms with van der Waals surface area (Å²) in [5.41, 5.74) is 0.117. The summed E-state index contributed by atoms with van der Waals surface area (Å²) in [6.45, 7) is -0.360. The monoisotopic (exact) mass is 452 g/mol. The van der Waals surface area contributed by atoms with Crippen LogP contribution in [0, 0.1) is 0 Å². The van der Waals surface area contributed by atoms with Gasteiger partial charge in [-0.25, -0.2) is 14.7 Å². The van der Waals surface area contributed by atoms with E-state index in [2.05, 4.69) is 9.97 Å². The van der Waals surface area contributed by atoms with Gasteiger partial charge in [-0.2, -0.15) is 13.2 Å². The molecule has 10 heteroatoms. The van der Waals surface area contributed by atoms with Gasteiger partial charge in [-0.05, 0) is 54.6 Å². The lowest BCUT2D eigenvalue weighted by Crippen LogP contribution is -2.33. The van der Waals surface area contributed by atoms with Crippen molar-refractivity contribution in [1.29, 1.82) is 0 Å². The van der Waals surface area contributed by atoms with E-state index in [0.717, 1.165) is 33.0 Å². The molecule has 2 aromatic heterocycles. The molecule has 0 saturated carbocycles. The van der Waals surface area contributed by atoms with Gasteiger partial charge in [-0.3, -0.25) is 9.69 Å². The SMILES string of the molecule is O=C1CN(c2cccc(C(F)(F)F)c2)C(=O)N1c1ccc(Oc2cnc3[nH]ccc3c2)cc1. The molecule has 4 aromatic rings. The summed E-state index contributed by atoms with van der Waals surface area (Å²) in [7, 11) is 0. The number of ether oxygens (including phenoxy) is 1. The number of carbonyl (C=O) groups excluding carboxylic acids is 2. The molecule has 166 valence electrons. The molecule has 3 heterocycles. The number of imide groups is 1. The number of benzene rings is 2. The van der Waals surface area contributed by atoms with Gasteiger partial charge < -0.3 is 9.72 Å². The highest BCUT2D eigenvalue weighted by Gasteiger charge is 2.39. The molecule has 2 aromatic carbocycles. The highest BCUT2D eigenvalue weighted by molar-refractivity contribution is 6.26. The summed E-state index contributed by atoms with van der Waals surface area (Å²) >= 11 is 0. The minimum absolute atomic E-state index is 0.00159. The maximum absolute atomic E-state index is 13.0. The van der Waals surface area contributed by atoms with E-state index in [1.165, 1.54) is 24.3 Å². The number of pyridine rings is 1. The zero-order chi connectivity index (χ0) is 23.2. The number of nitrogens with zero attached hydrogens (tertiary/aromatic N) is 3. The predicted octanol–water partition coefficient (Wildman–Crippen LogP) is 5.35. The fraction of sp³-hybridized carbons (Fsp3) is 0.0870. The van der Waals surface area contributed by atoms with Crippen molar-refractivity contribution < 1.29 is 27.5 Å². The molecule has 0 atom stereocenters. The summed E-state index contributed by atoms with van der Waals surface area (Å²) in [6, 6.07) is 13.5. The van der Waals surface area contributed by atoms with Crippen LogP contribution in [0.2, 0.25) is 0 Å². The van der Waals surface area contributed by atoms with Crippen LogP contribution < -0.4 is 14.5 Å². The molecule has 3 amide bonds. The second kappa shape index (κ2) is 7.66. The lowest BCUT2D eigenvalue weighted by molar-refractivity contribution is -0.137. The predicted molar refractivity (Wildman–Crippen MR) is 114 cm³/mol. The van der Waals surface area contributed by atoms with E-state index in [0.29, 0.717) is 11.5 Å². The quantitative estimate of drug-likeness (QED) is 0.424. The highest BCUT2D eigenvalue weighted by atomic mass is 19.4. The Morgan fingerprint density at radius 3 is 2.48 bits per heavy atom. The Bertz CT molecular complexity index is 1370.